The van der Waals surface area contributed by atoms with E-state index in [0.29, 0.717) is 25.8 Å². The maximum Gasteiger partial charge on any atom is 0.303 e. The summed E-state index contributed by atoms with van der Waals surface area (Å²) in [5.41, 5.74) is 0. The normalized spacial score (nSPS) is 25.5. The van der Waals surface area contributed by atoms with Gasteiger partial charge in [-0.05, 0) is 32.1 Å². The zero-order valence-corrected chi connectivity index (χ0v) is 13.1. The van der Waals surface area contributed by atoms with E-state index in [4.69, 9.17) is 16.7 Å². The molecule has 0 bridgehead atoms. The molecule has 0 aliphatic heterocycles. The van der Waals surface area contributed by atoms with Crippen LogP contribution in [0.2, 0.25) is 0 Å². The maximum absolute atomic E-state index is 13.7. The number of nitrogens with one attached hydrogen (secondary N) is 1. The van der Waals surface area contributed by atoms with E-state index in [1.54, 1.807) is 0 Å². The highest BCUT2D eigenvalue weighted by Gasteiger charge is 2.37. The first-order valence-electron chi connectivity index (χ1n) is 7.80. The van der Waals surface area contributed by atoms with E-state index >= 15 is 0 Å². The van der Waals surface area contributed by atoms with Crippen LogP contribution in [0.4, 0.5) is 4.39 Å². The van der Waals surface area contributed by atoms with Gasteiger partial charge in [-0.25, -0.2) is 4.39 Å². The second-order valence-corrected chi connectivity index (χ2v) is 6.25. The lowest BCUT2D eigenvalue weighted by atomic mass is 9.86. The highest BCUT2D eigenvalue weighted by molar-refractivity contribution is 6.22. The molecule has 2 N–H and O–H groups in total. The third-order valence-electron chi connectivity index (χ3n) is 3.91. The fourth-order valence-electron chi connectivity index (χ4n) is 2.68. The maximum atomic E-state index is 13.7. The first-order chi connectivity index (χ1) is 10.0. The molecule has 0 aromatic carbocycles. The van der Waals surface area contributed by atoms with Crippen LogP contribution in [-0.4, -0.2) is 35.1 Å². The summed E-state index contributed by atoms with van der Waals surface area (Å²) in [4.78, 5) is 22.3. The van der Waals surface area contributed by atoms with E-state index in [1.807, 2.05) is 0 Å². The number of carboxylic acid groups (broad SMARTS) is 1. The summed E-state index contributed by atoms with van der Waals surface area (Å²) < 4.78 is 13.7. The van der Waals surface area contributed by atoms with Crippen LogP contribution in [0.5, 0.6) is 0 Å². The molecule has 0 aromatic heterocycles. The number of unbranched alkanes of at least 4 members (excludes halogenated alkanes) is 4. The SMILES string of the molecule is O=C(O)CCCCCCCNC(=O)C1C(F)CCCC1Cl. The van der Waals surface area contributed by atoms with E-state index in [2.05, 4.69) is 5.32 Å². The second-order valence-electron chi connectivity index (χ2n) is 5.69. The number of aliphatic carboxylic acids is 1. The molecule has 3 atom stereocenters. The van der Waals surface area contributed by atoms with Crippen molar-refractivity contribution < 1.29 is 19.1 Å². The molecule has 122 valence electrons. The highest BCUT2D eigenvalue weighted by atomic mass is 35.5. The van der Waals surface area contributed by atoms with Crippen molar-refractivity contribution in [3.8, 4) is 0 Å². The lowest BCUT2D eigenvalue weighted by Gasteiger charge is -2.29. The number of amides is 1. The minimum Gasteiger partial charge on any atom is -0.481 e. The summed E-state index contributed by atoms with van der Waals surface area (Å²) in [6.07, 6.45) is 5.26. The number of carbonyl (C=O) groups is 2. The third kappa shape index (κ3) is 7.11. The monoisotopic (exact) mass is 321 g/mol. The van der Waals surface area contributed by atoms with E-state index in [0.717, 1.165) is 32.1 Å². The number of alkyl halides is 2. The van der Waals surface area contributed by atoms with Crippen LogP contribution in [0, 0.1) is 5.92 Å². The summed E-state index contributed by atoms with van der Waals surface area (Å²) in [7, 11) is 0. The Bertz CT molecular complexity index is 331. The Labute approximate surface area is 130 Å². The van der Waals surface area contributed by atoms with Gasteiger partial charge < -0.3 is 10.4 Å². The van der Waals surface area contributed by atoms with Crippen LogP contribution in [0.25, 0.3) is 0 Å². The highest BCUT2D eigenvalue weighted by Crippen LogP contribution is 2.31. The second kappa shape index (κ2) is 9.98. The molecule has 0 spiro atoms. The molecule has 1 amide bonds. The van der Waals surface area contributed by atoms with Crippen molar-refractivity contribution >= 4 is 23.5 Å². The topological polar surface area (TPSA) is 66.4 Å². The van der Waals surface area contributed by atoms with Gasteiger partial charge in [0.2, 0.25) is 5.91 Å². The Balaban J connectivity index is 2.06. The van der Waals surface area contributed by atoms with Crippen molar-refractivity contribution in [2.75, 3.05) is 6.54 Å². The molecular weight excluding hydrogens is 297 g/mol. The zero-order valence-electron chi connectivity index (χ0n) is 12.3. The summed E-state index contributed by atoms with van der Waals surface area (Å²) in [6.45, 7) is 0.532. The van der Waals surface area contributed by atoms with Crippen molar-refractivity contribution in [3.63, 3.8) is 0 Å². The van der Waals surface area contributed by atoms with Crippen LogP contribution in [0.3, 0.4) is 0 Å². The standard InChI is InChI=1S/C15H25ClFNO3/c16-11-7-6-8-12(17)14(11)15(21)18-10-5-3-1-2-4-9-13(19)20/h11-12,14H,1-10H2,(H,18,21)(H,19,20). The third-order valence-corrected chi connectivity index (χ3v) is 4.40. The van der Waals surface area contributed by atoms with Gasteiger partial charge >= 0.3 is 5.97 Å². The predicted molar refractivity (Wildman–Crippen MR) is 80.2 cm³/mol. The molecule has 6 heteroatoms. The molecule has 0 saturated heterocycles. The van der Waals surface area contributed by atoms with Crippen molar-refractivity contribution in [2.45, 2.75) is 69.3 Å². The van der Waals surface area contributed by atoms with E-state index < -0.39 is 23.4 Å². The average molecular weight is 322 g/mol. The molecular formula is C15H25ClFNO3. The van der Waals surface area contributed by atoms with Crippen molar-refractivity contribution in [1.29, 1.82) is 0 Å². The molecule has 0 radical (unpaired) electrons. The quantitative estimate of drug-likeness (QED) is 0.506. The Morgan fingerprint density at radius 2 is 1.81 bits per heavy atom. The Morgan fingerprint density at radius 3 is 2.48 bits per heavy atom. The van der Waals surface area contributed by atoms with E-state index in [1.165, 1.54) is 0 Å². The van der Waals surface area contributed by atoms with Gasteiger partial charge in [0.1, 0.15) is 6.17 Å². The molecule has 21 heavy (non-hydrogen) atoms. The first kappa shape index (κ1) is 18.2. The van der Waals surface area contributed by atoms with Gasteiger partial charge in [-0.2, -0.15) is 0 Å². The number of carboxylic acids is 1. The van der Waals surface area contributed by atoms with E-state index in [9.17, 15) is 14.0 Å². The smallest absolute Gasteiger partial charge is 0.303 e. The number of carbonyl (C=O) groups excluding carboxylic acids is 1. The first-order valence-corrected chi connectivity index (χ1v) is 8.23. The predicted octanol–water partition coefficient (Wildman–Crippen LogP) is 3.27. The minimum absolute atomic E-state index is 0.216. The van der Waals surface area contributed by atoms with Gasteiger partial charge in [0.25, 0.3) is 0 Å². The average Bonchev–Trinajstić information content (AvgIpc) is 2.41. The molecule has 0 aromatic rings. The fraction of sp³-hybridized carbons (Fsp3) is 0.867. The number of rotatable bonds is 9. The van der Waals surface area contributed by atoms with Crippen molar-refractivity contribution in [1.82, 2.24) is 5.32 Å². The van der Waals surface area contributed by atoms with Gasteiger partial charge in [0.05, 0.1) is 5.92 Å². The Hall–Kier alpha value is -0.840. The van der Waals surface area contributed by atoms with E-state index in [-0.39, 0.29) is 12.3 Å². The van der Waals surface area contributed by atoms with Gasteiger partial charge in [0.15, 0.2) is 0 Å². The van der Waals surface area contributed by atoms with Gasteiger partial charge in [-0.1, -0.05) is 19.3 Å². The fourth-order valence-corrected chi connectivity index (χ4v) is 3.11. The lowest BCUT2D eigenvalue weighted by Crippen LogP contribution is -2.43. The largest absolute Gasteiger partial charge is 0.481 e. The van der Waals surface area contributed by atoms with Crippen LogP contribution in [0.1, 0.15) is 57.8 Å². The van der Waals surface area contributed by atoms with Crippen LogP contribution in [-0.2, 0) is 9.59 Å². The summed E-state index contributed by atoms with van der Waals surface area (Å²) >= 11 is 6.05. The van der Waals surface area contributed by atoms with Crippen LogP contribution < -0.4 is 5.32 Å². The number of halogens is 2. The summed E-state index contributed by atoms with van der Waals surface area (Å²) in [6, 6.07) is 0. The zero-order chi connectivity index (χ0) is 15.7. The molecule has 1 aliphatic carbocycles. The molecule has 0 heterocycles. The Kier molecular flexibility index (Phi) is 8.66. The molecule has 4 nitrogen and oxygen atoms in total. The van der Waals surface area contributed by atoms with Crippen molar-refractivity contribution in [2.24, 2.45) is 5.92 Å². The van der Waals surface area contributed by atoms with Crippen LogP contribution in [0.15, 0.2) is 0 Å². The summed E-state index contributed by atoms with van der Waals surface area (Å²) in [5.74, 6) is -1.74. The van der Waals surface area contributed by atoms with Crippen LogP contribution >= 0.6 is 11.6 Å². The number of hydrogen-bond acceptors (Lipinski definition) is 2. The van der Waals surface area contributed by atoms with Gasteiger partial charge in [0, 0.05) is 18.3 Å². The number of hydrogen-bond donors (Lipinski definition) is 2. The van der Waals surface area contributed by atoms with Gasteiger partial charge in [-0.3, -0.25) is 9.59 Å². The Morgan fingerprint density at radius 1 is 1.14 bits per heavy atom. The summed E-state index contributed by atoms with van der Waals surface area (Å²) in [5, 5.41) is 10.9. The molecule has 1 fully saturated rings. The minimum atomic E-state index is -1.13. The molecule has 1 rings (SSSR count). The lowest BCUT2D eigenvalue weighted by molar-refractivity contribution is -0.137. The molecule has 1 aliphatic rings. The van der Waals surface area contributed by atoms with Gasteiger partial charge in [-0.15, -0.1) is 11.6 Å². The molecule has 3 unspecified atom stereocenters. The molecule has 1 saturated carbocycles. The van der Waals surface area contributed by atoms with Crippen molar-refractivity contribution in [3.05, 3.63) is 0 Å².